The first-order valence-electron chi connectivity index (χ1n) is 11.5. The second-order valence-corrected chi connectivity index (χ2v) is 11.9. The fourth-order valence-electron chi connectivity index (χ4n) is 4.01. The SMILES string of the molecule is CC(C)(O)c1cc(Cc2c(C(C)(C)O)cc(C(C)(C)O)cc2C(C)(C)O)cc(C(C)(C)O)c1. The Bertz CT molecular complexity index is 934. The van der Waals surface area contributed by atoms with Crippen molar-refractivity contribution in [3.05, 3.63) is 69.3 Å². The van der Waals surface area contributed by atoms with Gasteiger partial charge in [-0.2, -0.15) is 0 Å². The van der Waals surface area contributed by atoms with Crippen molar-refractivity contribution in [1.82, 2.24) is 0 Å². The predicted molar refractivity (Wildman–Crippen MR) is 132 cm³/mol. The highest BCUT2D eigenvalue weighted by Gasteiger charge is 2.32. The molecule has 0 aliphatic carbocycles. The number of hydrogen-bond donors (Lipinski definition) is 5. The molecular weight excluding hydrogens is 416 g/mol. The molecule has 0 spiro atoms. The summed E-state index contributed by atoms with van der Waals surface area (Å²) >= 11 is 0. The number of aliphatic hydroxyl groups is 5. The largest absolute Gasteiger partial charge is 0.386 e. The molecule has 0 amide bonds. The zero-order chi connectivity index (χ0) is 25.8. The quantitative estimate of drug-likeness (QED) is 0.423. The molecule has 184 valence electrons. The van der Waals surface area contributed by atoms with Crippen LogP contribution in [0.4, 0.5) is 0 Å². The highest BCUT2D eigenvalue weighted by molar-refractivity contribution is 5.49. The van der Waals surface area contributed by atoms with Crippen LogP contribution in [0.25, 0.3) is 0 Å². The van der Waals surface area contributed by atoms with Gasteiger partial charge in [-0.05, 0) is 127 Å². The van der Waals surface area contributed by atoms with E-state index in [9.17, 15) is 25.5 Å². The average Bonchev–Trinajstić information content (AvgIpc) is 2.57. The predicted octanol–water partition coefficient (Wildman–Crippen LogP) is 4.41. The van der Waals surface area contributed by atoms with Crippen LogP contribution in [0.5, 0.6) is 0 Å². The molecule has 0 aliphatic rings. The van der Waals surface area contributed by atoms with Crippen molar-refractivity contribution in [2.45, 2.75) is 104 Å². The van der Waals surface area contributed by atoms with Crippen molar-refractivity contribution < 1.29 is 25.5 Å². The Morgan fingerprint density at radius 1 is 0.455 bits per heavy atom. The Hall–Kier alpha value is -1.76. The van der Waals surface area contributed by atoms with Gasteiger partial charge in [0.2, 0.25) is 0 Å². The van der Waals surface area contributed by atoms with Gasteiger partial charge in [0.15, 0.2) is 0 Å². The van der Waals surface area contributed by atoms with Gasteiger partial charge in [0.1, 0.15) is 0 Å². The molecule has 0 saturated carbocycles. The lowest BCUT2D eigenvalue weighted by molar-refractivity contribution is 0.0633. The molecule has 0 aliphatic heterocycles. The lowest BCUT2D eigenvalue weighted by Gasteiger charge is -2.32. The summed E-state index contributed by atoms with van der Waals surface area (Å²) < 4.78 is 0. The van der Waals surface area contributed by atoms with Crippen molar-refractivity contribution >= 4 is 0 Å². The maximum absolute atomic E-state index is 11.1. The minimum absolute atomic E-state index is 0.359. The Morgan fingerprint density at radius 2 is 0.758 bits per heavy atom. The van der Waals surface area contributed by atoms with Crippen LogP contribution >= 0.6 is 0 Å². The molecule has 2 rings (SSSR count). The summed E-state index contributed by atoms with van der Waals surface area (Å²) in [4.78, 5) is 0. The van der Waals surface area contributed by atoms with Crippen LogP contribution in [0, 0.1) is 0 Å². The smallest absolute Gasteiger partial charge is 0.0843 e. The zero-order valence-electron chi connectivity index (χ0n) is 21.8. The van der Waals surface area contributed by atoms with E-state index in [4.69, 9.17) is 0 Å². The molecule has 0 atom stereocenters. The second kappa shape index (κ2) is 8.47. The molecule has 0 saturated heterocycles. The van der Waals surface area contributed by atoms with E-state index in [-0.39, 0.29) is 0 Å². The lowest BCUT2D eigenvalue weighted by Crippen LogP contribution is -2.28. The molecule has 0 heterocycles. The van der Waals surface area contributed by atoms with E-state index in [1.165, 1.54) is 0 Å². The van der Waals surface area contributed by atoms with Gasteiger partial charge in [0.25, 0.3) is 0 Å². The van der Waals surface area contributed by atoms with Gasteiger partial charge in [-0.3, -0.25) is 0 Å². The van der Waals surface area contributed by atoms with Gasteiger partial charge in [-0.25, -0.2) is 0 Å². The molecule has 2 aromatic rings. The fraction of sp³-hybridized carbons (Fsp3) is 0.571. The first-order chi connectivity index (χ1) is 14.5. The Labute approximate surface area is 198 Å². The van der Waals surface area contributed by atoms with Gasteiger partial charge in [-0.1, -0.05) is 18.2 Å². The highest BCUT2D eigenvalue weighted by atomic mass is 16.3. The van der Waals surface area contributed by atoms with Crippen molar-refractivity contribution in [3.8, 4) is 0 Å². The minimum atomic E-state index is -1.23. The topological polar surface area (TPSA) is 101 Å². The molecule has 5 N–H and O–H groups in total. The van der Waals surface area contributed by atoms with E-state index < -0.39 is 28.0 Å². The molecule has 33 heavy (non-hydrogen) atoms. The average molecular weight is 459 g/mol. The maximum Gasteiger partial charge on any atom is 0.0843 e. The molecular formula is C28H42O5. The number of benzene rings is 2. The third-order valence-electron chi connectivity index (χ3n) is 6.06. The monoisotopic (exact) mass is 458 g/mol. The van der Waals surface area contributed by atoms with E-state index in [1.807, 2.05) is 12.1 Å². The molecule has 0 unspecified atom stereocenters. The van der Waals surface area contributed by atoms with Crippen molar-refractivity contribution in [1.29, 1.82) is 0 Å². The third kappa shape index (κ3) is 6.65. The lowest BCUT2D eigenvalue weighted by atomic mass is 9.78. The highest BCUT2D eigenvalue weighted by Crippen LogP contribution is 2.38. The molecule has 0 radical (unpaired) electrons. The summed E-state index contributed by atoms with van der Waals surface area (Å²) in [5, 5.41) is 54.1. The van der Waals surface area contributed by atoms with Gasteiger partial charge in [-0.15, -0.1) is 0 Å². The van der Waals surface area contributed by atoms with Crippen molar-refractivity contribution in [3.63, 3.8) is 0 Å². The van der Waals surface area contributed by atoms with E-state index in [1.54, 1.807) is 87.4 Å². The van der Waals surface area contributed by atoms with Crippen LogP contribution in [0.15, 0.2) is 30.3 Å². The van der Waals surface area contributed by atoms with Crippen LogP contribution in [0.3, 0.4) is 0 Å². The van der Waals surface area contributed by atoms with E-state index in [0.29, 0.717) is 34.2 Å². The Kier molecular flexibility index (Phi) is 7.06. The summed E-state index contributed by atoms with van der Waals surface area (Å²) in [5.74, 6) is 0. The standard InChI is InChI=1S/C28H42O5/c1-24(2,29)18-11-17(12-19(14-18)25(3,4)30)13-21-22(27(7,8)32)15-20(26(5,6)31)16-23(21)28(9,10)33/h11-12,14-16,29-33H,13H2,1-10H3. The van der Waals surface area contributed by atoms with E-state index in [2.05, 4.69) is 0 Å². The van der Waals surface area contributed by atoms with Gasteiger partial charge < -0.3 is 25.5 Å². The third-order valence-corrected chi connectivity index (χ3v) is 6.06. The Balaban J connectivity index is 2.88. The number of hydrogen-bond acceptors (Lipinski definition) is 5. The molecule has 5 nitrogen and oxygen atoms in total. The van der Waals surface area contributed by atoms with Crippen molar-refractivity contribution in [2.75, 3.05) is 0 Å². The van der Waals surface area contributed by atoms with Gasteiger partial charge in [0, 0.05) is 0 Å². The first-order valence-corrected chi connectivity index (χ1v) is 11.5. The molecule has 0 fully saturated rings. The summed E-state index contributed by atoms with van der Waals surface area (Å²) in [6.07, 6.45) is 0.359. The summed E-state index contributed by atoms with van der Waals surface area (Å²) in [6.45, 7) is 16.9. The Morgan fingerprint density at radius 3 is 1.03 bits per heavy atom. The van der Waals surface area contributed by atoms with Gasteiger partial charge in [0.05, 0.1) is 28.0 Å². The van der Waals surface area contributed by atoms with Crippen molar-refractivity contribution in [2.24, 2.45) is 0 Å². The second-order valence-electron chi connectivity index (χ2n) is 11.9. The molecule has 5 heteroatoms. The maximum atomic E-state index is 11.1. The first kappa shape index (κ1) is 27.5. The van der Waals surface area contributed by atoms with Crippen LogP contribution in [-0.4, -0.2) is 25.5 Å². The fourth-order valence-corrected chi connectivity index (χ4v) is 4.01. The molecule has 2 aromatic carbocycles. The van der Waals surface area contributed by atoms with Crippen LogP contribution in [0.1, 0.15) is 108 Å². The number of rotatable bonds is 7. The van der Waals surface area contributed by atoms with Crippen LogP contribution in [0.2, 0.25) is 0 Å². The summed E-state index contributed by atoms with van der Waals surface area (Å²) in [6, 6.07) is 9.17. The minimum Gasteiger partial charge on any atom is -0.386 e. The van der Waals surface area contributed by atoms with E-state index in [0.717, 1.165) is 11.1 Å². The molecule has 0 bridgehead atoms. The van der Waals surface area contributed by atoms with E-state index >= 15 is 0 Å². The van der Waals surface area contributed by atoms with Crippen LogP contribution in [-0.2, 0) is 34.4 Å². The molecule has 0 aromatic heterocycles. The normalized spacial score (nSPS) is 14.0. The van der Waals surface area contributed by atoms with Crippen LogP contribution < -0.4 is 0 Å². The zero-order valence-corrected chi connectivity index (χ0v) is 21.8. The summed E-state index contributed by atoms with van der Waals surface area (Å²) in [5.41, 5.74) is -1.12. The van der Waals surface area contributed by atoms with Gasteiger partial charge >= 0.3 is 0 Å². The summed E-state index contributed by atoms with van der Waals surface area (Å²) in [7, 11) is 0.